The molecule has 1 rings (SSSR count). The summed E-state index contributed by atoms with van der Waals surface area (Å²) in [4.78, 5) is 10.8. The Balaban J connectivity index is 3.44. The van der Waals surface area contributed by atoms with E-state index >= 15 is 0 Å². The van der Waals surface area contributed by atoms with Crippen molar-refractivity contribution in [3.63, 3.8) is 0 Å². The molecule has 0 amide bonds. The molecular weight excluding hydrogens is 273 g/mol. The standard InChI is InChI=1S/C11H10ClF3O3/c1-5(10(16)17)6-3-7(11(13,14)15)9(18-2)8(12)4-6/h3-5H,1-2H3,(H,16,17). The number of carboxylic acids is 1. The number of hydrogen-bond donors (Lipinski definition) is 1. The smallest absolute Gasteiger partial charge is 0.420 e. The Morgan fingerprint density at radius 1 is 1.44 bits per heavy atom. The normalized spacial score (nSPS) is 13.2. The van der Waals surface area contributed by atoms with E-state index < -0.39 is 29.4 Å². The second kappa shape index (κ2) is 5.06. The molecule has 7 heteroatoms. The van der Waals surface area contributed by atoms with E-state index in [-0.39, 0.29) is 10.6 Å². The molecule has 0 aliphatic heterocycles. The fourth-order valence-electron chi connectivity index (χ4n) is 1.43. The number of ether oxygens (including phenoxy) is 1. The number of hydrogen-bond acceptors (Lipinski definition) is 2. The van der Waals surface area contributed by atoms with Gasteiger partial charge in [0.2, 0.25) is 0 Å². The SMILES string of the molecule is COc1c(Cl)cc(C(C)C(=O)O)cc1C(F)(F)F. The van der Waals surface area contributed by atoms with E-state index in [9.17, 15) is 18.0 Å². The highest BCUT2D eigenvalue weighted by Gasteiger charge is 2.36. The lowest BCUT2D eigenvalue weighted by molar-refractivity contribution is -0.140. The third-order valence-electron chi connectivity index (χ3n) is 2.45. The zero-order valence-corrected chi connectivity index (χ0v) is 10.3. The van der Waals surface area contributed by atoms with Gasteiger partial charge < -0.3 is 9.84 Å². The van der Waals surface area contributed by atoms with Crippen LogP contribution in [0.2, 0.25) is 5.02 Å². The maximum Gasteiger partial charge on any atom is 0.420 e. The molecule has 1 aromatic carbocycles. The highest BCUT2D eigenvalue weighted by Crippen LogP contribution is 2.42. The molecule has 0 spiro atoms. The van der Waals surface area contributed by atoms with Gasteiger partial charge in [-0.15, -0.1) is 0 Å². The molecule has 1 N–H and O–H groups in total. The number of carboxylic acid groups (broad SMARTS) is 1. The Kier molecular flexibility index (Phi) is 4.11. The summed E-state index contributed by atoms with van der Waals surface area (Å²) in [7, 11) is 1.07. The number of carbonyl (C=O) groups is 1. The highest BCUT2D eigenvalue weighted by molar-refractivity contribution is 6.32. The summed E-state index contributed by atoms with van der Waals surface area (Å²) in [6.45, 7) is 1.28. The zero-order valence-electron chi connectivity index (χ0n) is 9.51. The first-order valence-electron chi connectivity index (χ1n) is 4.86. The molecule has 0 aliphatic carbocycles. The third kappa shape index (κ3) is 2.87. The van der Waals surface area contributed by atoms with Crippen LogP contribution in [-0.4, -0.2) is 18.2 Å². The summed E-state index contributed by atoms with van der Waals surface area (Å²) in [6, 6.07) is 1.90. The lowest BCUT2D eigenvalue weighted by Gasteiger charge is -2.16. The van der Waals surface area contributed by atoms with Crippen molar-refractivity contribution in [3.8, 4) is 5.75 Å². The minimum Gasteiger partial charge on any atom is -0.495 e. The Morgan fingerprint density at radius 3 is 2.39 bits per heavy atom. The van der Waals surface area contributed by atoms with Gasteiger partial charge >= 0.3 is 12.1 Å². The van der Waals surface area contributed by atoms with Crippen LogP contribution in [0.5, 0.6) is 5.75 Å². The van der Waals surface area contributed by atoms with Crippen LogP contribution in [0.15, 0.2) is 12.1 Å². The fraction of sp³-hybridized carbons (Fsp3) is 0.364. The Bertz CT molecular complexity index is 471. The Hall–Kier alpha value is -1.43. The number of aliphatic carboxylic acids is 1. The number of alkyl halides is 3. The predicted molar refractivity (Wildman–Crippen MR) is 59.1 cm³/mol. The van der Waals surface area contributed by atoms with Crippen LogP contribution in [0.1, 0.15) is 24.0 Å². The van der Waals surface area contributed by atoms with Crippen LogP contribution in [0.4, 0.5) is 13.2 Å². The van der Waals surface area contributed by atoms with Crippen LogP contribution in [0.3, 0.4) is 0 Å². The quantitative estimate of drug-likeness (QED) is 0.922. The van der Waals surface area contributed by atoms with Crippen molar-refractivity contribution in [2.24, 2.45) is 0 Å². The molecule has 0 radical (unpaired) electrons. The molecule has 3 nitrogen and oxygen atoms in total. The minimum absolute atomic E-state index is 0.0272. The molecule has 0 bridgehead atoms. The molecule has 18 heavy (non-hydrogen) atoms. The van der Waals surface area contributed by atoms with Gasteiger partial charge in [-0.3, -0.25) is 4.79 Å². The first-order valence-corrected chi connectivity index (χ1v) is 5.23. The van der Waals surface area contributed by atoms with Crippen molar-refractivity contribution in [2.45, 2.75) is 19.0 Å². The fourth-order valence-corrected chi connectivity index (χ4v) is 1.73. The monoisotopic (exact) mass is 282 g/mol. The van der Waals surface area contributed by atoms with Crippen molar-refractivity contribution in [1.82, 2.24) is 0 Å². The maximum absolute atomic E-state index is 12.8. The summed E-state index contributed by atoms with van der Waals surface area (Å²) in [5.74, 6) is -2.83. The zero-order chi connectivity index (χ0) is 14.1. The average Bonchev–Trinajstić information content (AvgIpc) is 2.25. The number of halogens is 4. The van der Waals surface area contributed by atoms with Gasteiger partial charge in [0.15, 0.2) is 0 Å². The van der Waals surface area contributed by atoms with E-state index in [4.69, 9.17) is 16.7 Å². The third-order valence-corrected chi connectivity index (χ3v) is 2.73. The summed E-state index contributed by atoms with van der Waals surface area (Å²) < 4.78 is 42.9. The summed E-state index contributed by atoms with van der Waals surface area (Å²) in [6.07, 6.45) is -4.66. The van der Waals surface area contributed by atoms with E-state index in [1.807, 2.05) is 0 Å². The van der Waals surface area contributed by atoms with Gasteiger partial charge in [0.25, 0.3) is 0 Å². The summed E-state index contributed by atoms with van der Waals surface area (Å²) in [5, 5.41) is 8.52. The van der Waals surface area contributed by atoms with Crippen LogP contribution in [0, 0.1) is 0 Å². The van der Waals surface area contributed by atoms with Gasteiger partial charge in [-0.05, 0) is 24.6 Å². The summed E-state index contributed by atoms with van der Waals surface area (Å²) in [5.41, 5.74) is -1.11. The second-order valence-electron chi connectivity index (χ2n) is 3.64. The second-order valence-corrected chi connectivity index (χ2v) is 4.05. The van der Waals surface area contributed by atoms with Crippen LogP contribution in [-0.2, 0) is 11.0 Å². The molecule has 0 saturated carbocycles. The van der Waals surface area contributed by atoms with Gasteiger partial charge in [-0.2, -0.15) is 13.2 Å². The van der Waals surface area contributed by atoms with E-state index in [1.165, 1.54) is 6.92 Å². The number of benzene rings is 1. The van der Waals surface area contributed by atoms with Gasteiger partial charge in [0.1, 0.15) is 5.75 Å². The van der Waals surface area contributed by atoms with E-state index in [1.54, 1.807) is 0 Å². The minimum atomic E-state index is -4.66. The van der Waals surface area contributed by atoms with Crippen LogP contribution in [0.25, 0.3) is 0 Å². The van der Waals surface area contributed by atoms with E-state index in [0.717, 1.165) is 19.2 Å². The molecule has 0 aliphatic rings. The van der Waals surface area contributed by atoms with E-state index in [2.05, 4.69) is 4.74 Å². The molecule has 0 fully saturated rings. The van der Waals surface area contributed by atoms with Gasteiger partial charge in [-0.25, -0.2) is 0 Å². The van der Waals surface area contributed by atoms with Crippen molar-refractivity contribution < 1.29 is 27.8 Å². The number of rotatable bonds is 3. The number of methoxy groups -OCH3 is 1. The largest absolute Gasteiger partial charge is 0.495 e. The molecule has 0 saturated heterocycles. The summed E-state index contributed by atoms with van der Waals surface area (Å²) >= 11 is 5.67. The molecule has 0 heterocycles. The van der Waals surface area contributed by atoms with Gasteiger partial charge in [-0.1, -0.05) is 11.6 Å². The van der Waals surface area contributed by atoms with Crippen molar-refractivity contribution in [2.75, 3.05) is 7.11 Å². The molecular formula is C11H10ClF3O3. The average molecular weight is 283 g/mol. The first kappa shape index (κ1) is 14.6. The first-order chi connectivity index (χ1) is 8.18. The van der Waals surface area contributed by atoms with Gasteiger partial charge in [0, 0.05) is 0 Å². The molecule has 1 unspecified atom stereocenters. The van der Waals surface area contributed by atoms with Gasteiger partial charge in [0.05, 0.1) is 23.6 Å². The maximum atomic E-state index is 12.8. The van der Waals surface area contributed by atoms with Crippen molar-refractivity contribution in [3.05, 3.63) is 28.3 Å². The molecule has 1 atom stereocenters. The molecule has 100 valence electrons. The molecule has 0 aromatic heterocycles. The predicted octanol–water partition coefficient (Wildman–Crippen LogP) is 3.56. The van der Waals surface area contributed by atoms with Crippen molar-refractivity contribution in [1.29, 1.82) is 0 Å². The topological polar surface area (TPSA) is 46.5 Å². The van der Waals surface area contributed by atoms with E-state index in [0.29, 0.717) is 0 Å². The lowest BCUT2D eigenvalue weighted by Crippen LogP contribution is -2.12. The van der Waals surface area contributed by atoms with Crippen LogP contribution < -0.4 is 4.74 Å². The molecule has 1 aromatic rings. The highest BCUT2D eigenvalue weighted by atomic mass is 35.5. The Morgan fingerprint density at radius 2 is 2.00 bits per heavy atom. The Labute approximate surface area is 106 Å². The van der Waals surface area contributed by atoms with Crippen molar-refractivity contribution >= 4 is 17.6 Å². The lowest BCUT2D eigenvalue weighted by atomic mass is 9.98. The van der Waals surface area contributed by atoms with Crippen LogP contribution >= 0.6 is 11.6 Å².